The molecule has 0 atom stereocenters. The molecule has 0 spiro atoms. The van der Waals surface area contributed by atoms with Gasteiger partial charge in [-0.05, 0) is 17.7 Å². The zero-order valence-electron chi connectivity index (χ0n) is 29.3. The third kappa shape index (κ3) is 28.9. The van der Waals surface area contributed by atoms with Gasteiger partial charge in [0, 0.05) is 6.54 Å². The fraction of sp³-hybridized carbons (Fsp3) is 0.639. The van der Waals surface area contributed by atoms with Crippen LogP contribution in [0.1, 0.15) is 5.56 Å². The lowest BCUT2D eigenvalue weighted by Crippen LogP contribution is -2.28. The van der Waals surface area contributed by atoms with Crippen LogP contribution in [-0.4, -0.2) is 151 Å². The van der Waals surface area contributed by atoms with Crippen molar-refractivity contribution in [2.45, 2.75) is 6.61 Å². The van der Waals surface area contributed by atoms with Crippen LogP contribution in [0.3, 0.4) is 0 Å². The minimum Gasteiger partial charge on any atom is -0.491 e. The number of rotatable bonds is 36. The molecule has 0 aromatic heterocycles. The number of carbonyl (C=O) groups is 1. The molecule has 0 saturated carbocycles. The van der Waals surface area contributed by atoms with Crippen molar-refractivity contribution < 1.29 is 61.6 Å². The minimum atomic E-state index is -0.469. The van der Waals surface area contributed by atoms with Gasteiger partial charge in [0.25, 0.3) is 0 Å². The van der Waals surface area contributed by atoms with Crippen molar-refractivity contribution >= 4 is 6.09 Å². The van der Waals surface area contributed by atoms with E-state index < -0.39 is 6.09 Å². The van der Waals surface area contributed by atoms with Crippen LogP contribution in [0.15, 0.2) is 60.7 Å². The van der Waals surface area contributed by atoms with Gasteiger partial charge in [-0.3, -0.25) is 0 Å². The number of carbonyl (C=O) groups excluding carboxylic acids is 1. The molecule has 2 aromatic carbocycles. The Morgan fingerprint density at radius 2 is 0.720 bits per heavy atom. The third-order valence-corrected chi connectivity index (χ3v) is 6.32. The number of benzene rings is 2. The Morgan fingerprint density at radius 1 is 0.400 bits per heavy atom. The first-order valence-electron chi connectivity index (χ1n) is 17.2. The molecule has 1 N–H and O–H groups in total. The molecule has 2 aromatic rings. The van der Waals surface area contributed by atoms with Gasteiger partial charge in [0.15, 0.2) is 0 Å². The molecule has 0 radical (unpaired) electrons. The summed E-state index contributed by atoms with van der Waals surface area (Å²) in [4.78, 5) is 11.6. The third-order valence-electron chi connectivity index (χ3n) is 6.32. The van der Waals surface area contributed by atoms with Gasteiger partial charge in [0.1, 0.15) is 19.0 Å². The zero-order chi connectivity index (χ0) is 35.3. The van der Waals surface area contributed by atoms with E-state index in [1.165, 1.54) is 0 Å². The number of alkyl carbamates (subject to hydrolysis) is 1. The van der Waals surface area contributed by atoms with E-state index in [2.05, 4.69) is 5.32 Å². The van der Waals surface area contributed by atoms with Crippen LogP contribution in [0.4, 0.5) is 4.79 Å². The Labute approximate surface area is 296 Å². The second-order valence-corrected chi connectivity index (χ2v) is 10.3. The molecule has 0 aliphatic carbocycles. The summed E-state index contributed by atoms with van der Waals surface area (Å²) >= 11 is 0. The molecule has 14 heteroatoms. The summed E-state index contributed by atoms with van der Waals surface area (Å²) in [5.41, 5.74) is 0.937. The summed E-state index contributed by atoms with van der Waals surface area (Å²) in [6.07, 6.45) is -0.469. The minimum absolute atomic E-state index is 0.237. The number of para-hydroxylation sites is 1. The highest BCUT2D eigenvalue weighted by molar-refractivity contribution is 5.67. The number of hydrogen-bond donors (Lipinski definition) is 1. The summed E-state index contributed by atoms with van der Waals surface area (Å²) in [6, 6.07) is 19.2. The summed E-state index contributed by atoms with van der Waals surface area (Å²) in [7, 11) is 0. The Bertz CT molecular complexity index is 990. The van der Waals surface area contributed by atoms with Crippen molar-refractivity contribution in [1.29, 1.82) is 0 Å². The van der Waals surface area contributed by atoms with E-state index in [9.17, 15) is 4.79 Å². The average molecular weight is 712 g/mol. The van der Waals surface area contributed by atoms with E-state index in [0.717, 1.165) is 11.3 Å². The smallest absolute Gasteiger partial charge is 0.407 e. The van der Waals surface area contributed by atoms with Crippen LogP contribution in [0, 0.1) is 0 Å². The fourth-order valence-electron chi connectivity index (χ4n) is 3.82. The van der Waals surface area contributed by atoms with Crippen molar-refractivity contribution in [1.82, 2.24) is 5.32 Å². The van der Waals surface area contributed by atoms with Gasteiger partial charge < -0.3 is 62.2 Å². The van der Waals surface area contributed by atoms with E-state index in [0.29, 0.717) is 145 Å². The van der Waals surface area contributed by atoms with Gasteiger partial charge in [0.2, 0.25) is 0 Å². The quantitative estimate of drug-likeness (QED) is 0.104. The van der Waals surface area contributed by atoms with Crippen LogP contribution >= 0.6 is 0 Å². The van der Waals surface area contributed by atoms with Gasteiger partial charge in [-0.1, -0.05) is 48.5 Å². The van der Waals surface area contributed by atoms with E-state index in [-0.39, 0.29) is 6.61 Å². The van der Waals surface area contributed by atoms with E-state index in [1.807, 2.05) is 60.7 Å². The van der Waals surface area contributed by atoms with Gasteiger partial charge in [-0.2, -0.15) is 0 Å². The van der Waals surface area contributed by atoms with Crippen LogP contribution in [-0.2, 0) is 58.7 Å². The topological polar surface area (TPSA) is 140 Å². The maximum Gasteiger partial charge on any atom is 0.407 e. The van der Waals surface area contributed by atoms with Crippen molar-refractivity contribution in [2.75, 3.05) is 145 Å². The molecule has 1 amide bonds. The molecule has 0 unspecified atom stereocenters. The van der Waals surface area contributed by atoms with Crippen LogP contribution < -0.4 is 10.1 Å². The summed E-state index contributed by atoms with van der Waals surface area (Å²) in [5, 5.41) is 2.64. The number of hydrogen-bond acceptors (Lipinski definition) is 13. The second-order valence-electron chi connectivity index (χ2n) is 10.3. The standard InChI is InChI=1S/C36H57NO13/c38-36(50-33-34-7-3-1-4-8-34)37-11-12-39-13-14-40-15-16-41-17-18-42-19-20-43-21-22-44-23-24-45-25-26-46-27-28-47-29-30-48-31-32-49-35-9-5-2-6-10-35/h1-10H,11-33H2,(H,37,38). The first kappa shape index (κ1) is 43.3. The first-order chi connectivity index (χ1) is 24.8. The number of nitrogens with one attached hydrogen (secondary N) is 1. The number of amides is 1. The molecular weight excluding hydrogens is 654 g/mol. The second kappa shape index (κ2) is 34.6. The Balaban J connectivity index is 1.14. The Morgan fingerprint density at radius 3 is 1.10 bits per heavy atom. The Hall–Kier alpha value is -2.89. The molecule has 0 saturated heterocycles. The lowest BCUT2D eigenvalue weighted by atomic mass is 10.2. The predicted octanol–water partition coefficient (Wildman–Crippen LogP) is 3.16. The molecule has 2 rings (SSSR count). The van der Waals surface area contributed by atoms with Gasteiger partial charge in [0.05, 0.1) is 132 Å². The SMILES string of the molecule is O=C(NCCOCCOCCOCCOCCOCCOCCOCCOCCOCCOCCOc1ccccc1)OCc1ccccc1. The lowest BCUT2D eigenvalue weighted by Gasteiger charge is -2.09. The fourth-order valence-corrected chi connectivity index (χ4v) is 3.82. The molecule has 284 valence electrons. The zero-order valence-corrected chi connectivity index (χ0v) is 29.3. The van der Waals surface area contributed by atoms with Gasteiger partial charge in [-0.15, -0.1) is 0 Å². The van der Waals surface area contributed by atoms with Crippen LogP contribution in [0.5, 0.6) is 5.75 Å². The van der Waals surface area contributed by atoms with E-state index in [1.54, 1.807) is 0 Å². The summed E-state index contributed by atoms with van der Waals surface area (Å²) < 4.78 is 65.4. The lowest BCUT2D eigenvalue weighted by molar-refractivity contribution is -0.0266. The highest BCUT2D eigenvalue weighted by atomic mass is 16.6. The van der Waals surface area contributed by atoms with E-state index in [4.69, 9.17) is 56.8 Å². The monoisotopic (exact) mass is 711 g/mol. The molecule has 50 heavy (non-hydrogen) atoms. The first-order valence-corrected chi connectivity index (χ1v) is 17.2. The maximum absolute atomic E-state index is 11.6. The van der Waals surface area contributed by atoms with E-state index >= 15 is 0 Å². The predicted molar refractivity (Wildman–Crippen MR) is 185 cm³/mol. The highest BCUT2D eigenvalue weighted by Gasteiger charge is 2.02. The van der Waals surface area contributed by atoms with Crippen molar-refractivity contribution in [3.8, 4) is 5.75 Å². The van der Waals surface area contributed by atoms with Crippen LogP contribution in [0.25, 0.3) is 0 Å². The van der Waals surface area contributed by atoms with Crippen molar-refractivity contribution in [2.24, 2.45) is 0 Å². The van der Waals surface area contributed by atoms with Gasteiger partial charge >= 0.3 is 6.09 Å². The molecule has 14 nitrogen and oxygen atoms in total. The molecule has 0 heterocycles. The molecular formula is C36H57NO13. The summed E-state index contributed by atoms with van der Waals surface area (Å²) in [5.74, 6) is 0.840. The van der Waals surface area contributed by atoms with Crippen molar-refractivity contribution in [3.63, 3.8) is 0 Å². The van der Waals surface area contributed by atoms with Gasteiger partial charge in [-0.25, -0.2) is 4.79 Å². The summed E-state index contributed by atoms with van der Waals surface area (Å²) in [6.45, 7) is 10.8. The highest BCUT2D eigenvalue weighted by Crippen LogP contribution is 2.07. The van der Waals surface area contributed by atoms with Crippen LogP contribution in [0.2, 0.25) is 0 Å². The normalized spacial score (nSPS) is 11.1. The largest absolute Gasteiger partial charge is 0.491 e. The number of ether oxygens (including phenoxy) is 12. The molecule has 0 aliphatic heterocycles. The molecule has 0 aliphatic rings. The molecule has 0 bridgehead atoms. The van der Waals surface area contributed by atoms with Crippen molar-refractivity contribution in [3.05, 3.63) is 66.2 Å². The Kier molecular flexibility index (Phi) is 29.9. The molecule has 0 fully saturated rings. The maximum atomic E-state index is 11.6. The average Bonchev–Trinajstić information content (AvgIpc) is 3.15.